The number of fused-ring (bicyclic) bond motifs is 1. The summed E-state index contributed by atoms with van der Waals surface area (Å²) in [5.74, 6) is 0.934. The Hall–Kier alpha value is -0.840. The standard InChI is InChI=1S/C14H10BrClO2S/c15-13-2-1-12(19-13)11(17)7-9-6-10(16)5-8-3-4-18-14(8)9/h1-2,5-6H,3-4,7H2. The zero-order valence-corrected chi connectivity index (χ0v) is 13.1. The smallest absolute Gasteiger partial charge is 0.177 e. The predicted molar refractivity (Wildman–Crippen MR) is 80.7 cm³/mol. The first-order valence-electron chi connectivity index (χ1n) is 5.86. The first-order valence-corrected chi connectivity index (χ1v) is 7.85. The zero-order chi connectivity index (χ0) is 13.4. The Morgan fingerprint density at radius 2 is 2.26 bits per heavy atom. The second-order valence-corrected chi connectivity index (χ2v) is 7.25. The molecule has 2 heterocycles. The van der Waals surface area contributed by atoms with Crippen LogP contribution in [0.15, 0.2) is 28.1 Å². The van der Waals surface area contributed by atoms with Crippen LogP contribution in [0.5, 0.6) is 5.75 Å². The zero-order valence-electron chi connectivity index (χ0n) is 9.91. The van der Waals surface area contributed by atoms with Crippen LogP contribution in [0.1, 0.15) is 20.8 Å². The normalized spacial score (nSPS) is 13.2. The maximum absolute atomic E-state index is 12.2. The topological polar surface area (TPSA) is 26.3 Å². The van der Waals surface area contributed by atoms with E-state index in [-0.39, 0.29) is 5.78 Å². The minimum atomic E-state index is 0.0932. The molecule has 0 saturated carbocycles. The van der Waals surface area contributed by atoms with E-state index in [4.69, 9.17) is 16.3 Å². The Balaban J connectivity index is 1.90. The van der Waals surface area contributed by atoms with Crippen LogP contribution in [0.25, 0.3) is 0 Å². The van der Waals surface area contributed by atoms with Crippen molar-refractivity contribution in [3.05, 3.63) is 49.1 Å². The van der Waals surface area contributed by atoms with E-state index in [2.05, 4.69) is 15.9 Å². The Morgan fingerprint density at radius 3 is 3.00 bits per heavy atom. The van der Waals surface area contributed by atoms with Gasteiger partial charge in [-0.3, -0.25) is 4.79 Å². The molecule has 0 atom stereocenters. The summed E-state index contributed by atoms with van der Waals surface area (Å²) in [4.78, 5) is 13.0. The van der Waals surface area contributed by atoms with Gasteiger partial charge in [0.1, 0.15) is 5.75 Å². The van der Waals surface area contributed by atoms with Gasteiger partial charge in [-0.1, -0.05) is 11.6 Å². The van der Waals surface area contributed by atoms with Crippen molar-refractivity contribution in [2.75, 3.05) is 6.61 Å². The number of ketones is 1. The summed E-state index contributed by atoms with van der Waals surface area (Å²) in [6.07, 6.45) is 1.19. The molecule has 2 nitrogen and oxygen atoms in total. The summed E-state index contributed by atoms with van der Waals surface area (Å²) in [7, 11) is 0. The van der Waals surface area contributed by atoms with Crippen molar-refractivity contribution in [2.45, 2.75) is 12.8 Å². The molecule has 0 aliphatic carbocycles. The highest BCUT2D eigenvalue weighted by Crippen LogP contribution is 2.34. The van der Waals surface area contributed by atoms with Gasteiger partial charge in [0, 0.05) is 23.4 Å². The molecule has 1 aromatic carbocycles. The second kappa shape index (κ2) is 5.27. The molecule has 0 unspecified atom stereocenters. The maximum Gasteiger partial charge on any atom is 0.177 e. The molecule has 0 amide bonds. The molecular weight excluding hydrogens is 348 g/mol. The summed E-state index contributed by atoms with van der Waals surface area (Å²) in [5.41, 5.74) is 1.98. The van der Waals surface area contributed by atoms with E-state index in [0.717, 1.165) is 32.0 Å². The van der Waals surface area contributed by atoms with Crippen LogP contribution in [0.4, 0.5) is 0 Å². The third-order valence-corrected chi connectivity index (χ3v) is 4.91. The van der Waals surface area contributed by atoms with Crippen molar-refractivity contribution in [1.82, 2.24) is 0 Å². The Labute approximate surface area is 128 Å². The van der Waals surface area contributed by atoms with Crippen LogP contribution in [0.3, 0.4) is 0 Å². The van der Waals surface area contributed by atoms with E-state index in [9.17, 15) is 4.79 Å². The minimum Gasteiger partial charge on any atom is -0.493 e. The lowest BCUT2D eigenvalue weighted by Crippen LogP contribution is -2.03. The van der Waals surface area contributed by atoms with E-state index in [1.165, 1.54) is 11.3 Å². The number of benzene rings is 1. The van der Waals surface area contributed by atoms with Crippen molar-refractivity contribution < 1.29 is 9.53 Å². The molecule has 1 aliphatic rings. The van der Waals surface area contributed by atoms with Crippen LogP contribution in [0.2, 0.25) is 5.02 Å². The van der Waals surface area contributed by atoms with Gasteiger partial charge in [0.25, 0.3) is 0 Å². The van der Waals surface area contributed by atoms with Gasteiger partial charge in [-0.2, -0.15) is 0 Å². The molecule has 98 valence electrons. The fourth-order valence-corrected chi connectivity index (χ4v) is 3.79. The largest absolute Gasteiger partial charge is 0.493 e. The van der Waals surface area contributed by atoms with Gasteiger partial charge >= 0.3 is 0 Å². The molecule has 0 radical (unpaired) electrons. The third-order valence-electron chi connectivity index (χ3n) is 3.02. The Morgan fingerprint density at radius 1 is 1.42 bits per heavy atom. The van der Waals surface area contributed by atoms with Gasteiger partial charge in [-0.15, -0.1) is 11.3 Å². The van der Waals surface area contributed by atoms with Crippen molar-refractivity contribution >= 4 is 44.7 Å². The van der Waals surface area contributed by atoms with Gasteiger partial charge in [-0.05, 0) is 45.8 Å². The van der Waals surface area contributed by atoms with E-state index < -0.39 is 0 Å². The van der Waals surface area contributed by atoms with E-state index >= 15 is 0 Å². The predicted octanol–water partition coefficient (Wildman–Crippen LogP) is 4.52. The second-order valence-electron chi connectivity index (χ2n) is 4.36. The molecule has 2 aromatic rings. The average molecular weight is 358 g/mol. The molecule has 0 N–H and O–H groups in total. The highest BCUT2D eigenvalue weighted by Gasteiger charge is 2.20. The number of ether oxygens (including phenoxy) is 1. The molecule has 0 fully saturated rings. The van der Waals surface area contributed by atoms with Crippen LogP contribution in [-0.2, 0) is 12.8 Å². The third kappa shape index (κ3) is 2.71. The fourth-order valence-electron chi connectivity index (χ4n) is 2.20. The first-order chi connectivity index (χ1) is 9.13. The molecule has 1 aromatic heterocycles. The number of hydrogen-bond acceptors (Lipinski definition) is 3. The number of halogens is 2. The number of Topliss-reactive ketones (excluding diaryl/α,β-unsaturated/α-hetero) is 1. The summed E-state index contributed by atoms with van der Waals surface area (Å²) in [6, 6.07) is 7.46. The number of hydrogen-bond donors (Lipinski definition) is 0. The minimum absolute atomic E-state index is 0.0932. The van der Waals surface area contributed by atoms with Crippen molar-refractivity contribution in [2.24, 2.45) is 0 Å². The van der Waals surface area contributed by atoms with Crippen LogP contribution in [0, 0.1) is 0 Å². The number of carbonyl (C=O) groups excluding carboxylic acids is 1. The molecular formula is C14H10BrClO2S. The summed E-state index contributed by atoms with van der Waals surface area (Å²) < 4.78 is 6.57. The van der Waals surface area contributed by atoms with Gasteiger partial charge in [-0.25, -0.2) is 0 Å². The quantitative estimate of drug-likeness (QED) is 0.755. The lowest BCUT2D eigenvalue weighted by atomic mass is 10.0. The maximum atomic E-state index is 12.2. The summed E-state index contributed by atoms with van der Waals surface area (Å²) in [6.45, 7) is 0.668. The Bertz CT molecular complexity index is 651. The molecule has 0 spiro atoms. The van der Waals surface area contributed by atoms with Gasteiger partial charge < -0.3 is 4.74 Å². The average Bonchev–Trinajstić information content (AvgIpc) is 2.97. The number of thiophene rings is 1. The highest BCUT2D eigenvalue weighted by molar-refractivity contribution is 9.11. The number of carbonyl (C=O) groups is 1. The molecule has 5 heteroatoms. The molecule has 0 bridgehead atoms. The molecule has 0 saturated heterocycles. The number of rotatable bonds is 3. The first kappa shape index (κ1) is 13.2. The summed E-state index contributed by atoms with van der Waals surface area (Å²) >= 11 is 10.9. The van der Waals surface area contributed by atoms with Crippen LogP contribution < -0.4 is 4.74 Å². The molecule has 1 aliphatic heterocycles. The SMILES string of the molecule is O=C(Cc1cc(Cl)cc2c1OCC2)c1ccc(Br)s1. The highest BCUT2D eigenvalue weighted by atomic mass is 79.9. The van der Waals surface area contributed by atoms with Gasteiger partial charge in [0.05, 0.1) is 15.3 Å². The van der Waals surface area contributed by atoms with Crippen LogP contribution >= 0.6 is 38.9 Å². The fraction of sp³-hybridized carbons (Fsp3) is 0.214. The molecule has 3 rings (SSSR count). The van der Waals surface area contributed by atoms with E-state index in [1.54, 1.807) is 0 Å². The monoisotopic (exact) mass is 356 g/mol. The lowest BCUT2D eigenvalue weighted by molar-refractivity contribution is 0.0996. The van der Waals surface area contributed by atoms with Crippen molar-refractivity contribution in [3.63, 3.8) is 0 Å². The van der Waals surface area contributed by atoms with Gasteiger partial charge in [0.2, 0.25) is 0 Å². The van der Waals surface area contributed by atoms with E-state index in [0.29, 0.717) is 18.1 Å². The summed E-state index contributed by atoms with van der Waals surface area (Å²) in [5, 5.41) is 0.666. The van der Waals surface area contributed by atoms with Gasteiger partial charge in [0.15, 0.2) is 5.78 Å². The lowest BCUT2D eigenvalue weighted by Gasteiger charge is -2.07. The molecule has 19 heavy (non-hydrogen) atoms. The Kier molecular flexibility index (Phi) is 3.65. The van der Waals surface area contributed by atoms with E-state index in [1.807, 2.05) is 24.3 Å². The van der Waals surface area contributed by atoms with Crippen molar-refractivity contribution in [3.8, 4) is 5.75 Å². The van der Waals surface area contributed by atoms with Crippen LogP contribution in [-0.4, -0.2) is 12.4 Å². The van der Waals surface area contributed by atoms with Crippen molar-refractivity contribution in [1.29, 1.82) is 0 Å².